The van der Waals surface area contributed by atoms with Gasteiger partial charge in [0.05, 0.1) is 0 Å². The number of aromatic nitrogens is 1. The monoisotopic (exact) mass is 379 g/mol. The first-order valence-electron chi connectivity index (χ1n) is 10.5. The topological polar surface area (TPSA) is 45.6 Å². The Balaban J connectivity index is 1.36. The van der Waals surface area contributed by atoms with Crippen LogP contribution >= 0.6 is 0 Å². The van der Waals surface area contributed by atoms with Gasteiger partial charge < -0.3 is 14.4 Å². The van der Waals surface area contributed by atoms with E-state index < -0.39 is 0 Å². The standard InChI is InChI=1S/C23H29N3O2/c27-22(25-14-3-1-2-4-15-25)19-10-16-26(17-11-19)23(28)20-8-7-9-21(18-20)24-12-5-6-13-24/h5-9,12-13,18-19H,1-4,10-11,14-17H2. The van der Waals surface area contributed by atoms with Crippen LogP contribution < -0.4 is 0 Å². The van der Waals surface area contributed by atoms with Crippen LogP contribution in [0.1, 0.15) is 48.9 Å². The highest BCUT2D eigenvalue weighted by atomic mass is 16.2. The third-order valence-corrected chi connectivity index (χ3v) is 6.04. The Morgan fingerprint density at radius 2 is 1.46 bits per heavy atom. The Hall–Kier alpha value is -2.56. The van der Waals surface area contributed by atoms with Gasteiger partial charge in [-0.25, -0.2) is 0 Å². The number of hydrogen-bond acceptors (Lipinski definition) is 2. The molecule has 0 spiro atoms. The van der Waals surface area contributed by atoms with Crippen LogP contribution in [0.5, 0.6) is 0 Å². The molecule has 0 atom stereocenters. The van der Waals surface area contributed by atoms with Gasteiger partial charge in [-0.3, -0.25) is 9.59 Å². The quantitative estimate of drug-likeness (QED) is 0.816. The largest absolute Gasteiger partial charge is 0.342 e. The lowest BCUT2D eigenvalue weighted by atomic mass is 9.94. The molecule has 0 bridgehead atoms. The van der Waals surface area contributed by atoms with Gasteiger partial charge in [0.15, 0.2) is 0 Å². The van der Waals surface area contributed by atoms with Crippen molar-refractivity contribution in [2.24, 2.45) is 5.92 Å². The first kappa shape index (κ1) is 18.8. The second-order valence-corrected chi connectivity index (χ2v) is 7.95. The molecule has 2 fully saturated rings. The maximum absolute atomic E-state index is 13.0. The number of hydrogen-bond donors (Lipinski definition) is 0. The van der Waals surface area contributed by atoms with E-state index in [2.05, 4.69) is 4.90 Å². The van der Waals surface area contributed by atoms with Gasteiger partial charge >= 0.3 is 0 Å². The summed E-state index contributed by atoms with van der Waals surface area (Å²) in [4.78, 5) is 29.8. The molecule has 2 aliphatic rings. The Kier molecular flexibility index (Phi) is 5.79. The van der Waals surface area contributed by atoms with E-state index in [0.717, 1.165) is 44.5 Å². The summed E-state index contributed by atoms with van der Waals surface area (Å²) in [6.45, 7) is 3.14. The van der Waals surface area contributed by atoms with Crippen molar-refractivity contribution in [2.45, 2.75) is 38.5 Å². The van der Waals surface area contributed by atoms with Gasteiger partial charge in [0.1, 0.15) is 0 Å². The summed E-state index contributed by atoms with van der Waals surface area (Å²) in [5.74, 6) is 0.451. The fourth-order valence-corrected chi connectivity index (χ4v) is 4.37. The fraction of sp³-hybridized carbons (Fsp3) is 0.478. The normalized spacial score (nSPS) is 18.7. The Morgan fingerprint density at radius 3 is 2.14 bits per heavy atom. The van der Waals surface area contributed by atoms with E-state index in [1.54, 1.807) is 0 Å². The van der Waals surface area contributed by atoms with Crippen molar-refractivity contribution in [1.82, 2.24) is 14.4 Å². The maximum Gasteiger partial charge on any atom is 0.253 e. The van der Waals surface area contributed by atoms with E-state index in [9.17, 15) is 9.59 Å². The molecule has 148 valence electrons. The van der Waals surface area contributed by atoms with Crippen molar-refractivity contribution in [3.63, 3.8) is 0 Å². The number of amides is 2. The molecule has 5 nitrogen and oxygen atoms in total. The first-order chi connectivity index (χ1) is 13.7. The molecule has 1 aromatic carbocycles. The predicted octanol–water partition coefficient (Wildman–Crippen LogP) is 3.73. The molecular formula is C23H29N3O2. The second kappa shape index (κ2) is 8.63. The fourth-order valence-electron chi connectivity index (χ4n) is 4.37. The van der Waals surface area contributed by atoms with E-state index in [1.165, 1.54) is 12.8 Å². The summed E-state index contributed by atoms with van der Waals surface area (Å²) in [5, 5.41) is 0. The zero-order valence-electron chi connectivity index (χ0n) is 16.4. The highest BCUT2D eigenvalue weighted by Gasteiger charge is 2.30. The Labute approximate surface area is 166 Å². The molecular weight excluding hydrogens is 350 g/mol. The van der Waals surface area contributed by atoms with Gasteiger partial charge in [0, 0.05) is 55.7 Å². The van der Waals surface area contributed by atoms with Crippen molar-refractivity contribution in [1.29, 1.82) is 0 Å². The second-order valence-electron chi connectivity index (χ2n) is 7.95. The van der Waals surface area contributed by atoms with E-state index in [1.807, 2.05) is 58.3 Å². The van der Waals surface area contributed by atoms with Gasteiger partial charge in [0.25, 0.3) is 5.91 Å². The number of rotatable bonds is 3. The van der Waals surface area contributed by atoms with Gasteiger partial charge in [-0.05, 0) is 56.0 Å². The molecule has 28 heavy (non-hydrogen) atoms. The molecule has 4 rings (SSSR count). The van der Waals surface area contributed by atoms with Crippen molar-refractivity contribution >= 4 is 11.8 Å². The highest BCUT2D eigenvalue weighted by Crippen LogP contribution is 2.23. The lowest BCUT2D eigenvalue weighted by Crippen LogP contribution is -2.44. The average Bonchev–Trinajstić information content (AvgIpc) is 3.16. The van der Waals surface area contributed by atoms with Gasteiger partial charge in [-0.2, -0.15) is 0 Å². The summed E-state index contributed by atoms with van der Waals surface area (Å²) >= 11 is 0. The van der Waals surface area contributed by atoms with Crippen molar-refractivity contribution in [2.75, 3.05) is 26.2 Å². The summed E-state index contributed by atoms with van der Waals surface area (Å²) in [5.41, 5.74) is 1.70. The van der Waals surface area contributed by atoms with Gasteiger partial charge in [-0.1, -0.05) is 18.9 Å². The molecule has 2 aliphatic heterocycles. The predicted molar refractivity (Wildman–Crippen MR) is 109 cm³/mol. The zero-order chi connectivity index (χ0) is 19.3. The smallest absolute Gasteiger partial charge is 0.253 e. The number of carbonyl (C=O) groups is 2. The van der Waals surface area contributed by atoms with E-state index in [4.69, 9.17) is 0 Å². The molecule has 0 saturated carbocycles. The number of carbonyl (C=O) groups excluding carboxylic acids is 2. The third-order valence-electron chi connectivity index (χ3n) is 6.04. The first-order valence-corrected chi connectivity index (χ1v) is 10.5. The Bertz CT molecular complexity index is 799. The molecule has 1 aromatic heterocycles. The molecule has 3 heterocycles. The Morgan fingerprint density at radius 1 is 0.786 bits per heavy atom. The summed E-state index contributed by atoms with van der Waals surface area (Å²) < 4.78 is 2.00. The van der Waals surface area contributed by atoms with Crippen LogP contribution in [-0.2, 0) is 4.79 Å². The lowest BCUT2D eigenvalue weighted by molar-refractivity contribution is -0.136. The van der Waals surface area contributed by atoms with Crippen LogP contribution in [0.25, 0.3) is 5.69 Å². The molecule has 0 N–H and O–H groups in total. The van der Waals surface area contributed by atoms with Crippen molar-refractivity contribution in [3.8, 4) is 5.69 Å². The minimum atomic E-state index is 0.0645. The summed E-state index contributed by atoms with van der Waals surface area (Å²) in [6.07, 6.45) is 10.2. The highest BCUT2D eigenvalue weighted by molar-refractivity contribution is 5.95. The lowest BCUT2D eigenvalue weighted by Gasteiger charge is -2.34. The van der Waals surface area contributed by atoms with Gasteiger partial charge in [0.2, 0.25) is 5.91 Å². The number of likely N-dealkylation sites (tertiary alicyclic amines) is 2. The number of piperidine rings is 1. The van der Waals surface area contributed by atoms with Crippen LogP contribution in [0.4, 0.5) is 0 Å². The van der Waals surface area contributed by atoms with Crippen LogP contribution in [-0.4, -0.2) is 52.4 Å². The van der Waals surface area contributed by atoms with Crippen molar-refractivity contribution < 1.29 is 9.59 Å². The molecule has 2 saturated heterocycles. The molecule has 5 heteroatoms. The minimum absolute atomic E-state index is 0.0645. The molecule has 0 unspecified atom stereocenters. The van der Waals surface area contributed by atoms with Crippen molar-refractivity contribution in [3.05, 3.63) is 54.4 Å². The minimum Gasteiger partial charge on any atom is -0.342 e. The molecule has 0 radical (unpaired) electrons. The van der Waals surface area contributed by atoms with Gasteiger partial charge in [-0.15, -0.1) is 0 Å². The van der Waals surface area contributed by atoms with Crippen LogP contribution in [0.2, 0.25) is 0 Å². The number of benzene rings is 1. The third kappa shape index (κ3) is 4.13. The molecule has 2 amide bonds. The SMILES string of the molecule is O=C(c1cccc(-n2cccc2)c1)N1CCC(C(=O)N2CCCCCC2)CC1. The van der Waals surface area contributed by atoms with Crippen LogP contribution in [0, 0.1) is 5.92 Å². The van der Waals surface area contributed by atoms with E-state index in [0.29, 0.717) is 24.6 Å². The van der Waals surface area contributed by atoms with E-state index in [-0.39, 0.29) is 11.8 Å². The summed E-state index contributed by atoms with van der Waals surface area (Å²) in [7, 11) is 0. The van der Waals surface area contributed by atoms with Crippen LogP contribution in [0.15, 0.2) is 48.8 Å². The van der Waals surface area contributed by atoms with Crippen LogP contribution in [0.3, 0.4) is 0 Å². The number of nitrogens with zero attached hydrogens (tertiary/aromatic N) is 3. The summed E-state index contributed by atoms with van der Waals surface area (Å²) in [6, 6.07) is 11.7. The average molecular weight is 380 g/mol. The molecule has 2 aromatic rings. The maximum atomic E-state index is 13.0. The zero-order valence-corrected chi connectivity index (χ0v) is 16.4. The van der Waals surface area contributed by atoms with E-state index >= 15 is 0 Å². The molecule has 0 aliphatic carbocycles.